The van der Waals surface area contributed by atoms with E-state index in [1.807, 2.05) is 49.1 Å². The summed E-state index contributed by atoms with van der Waals surface area (Å²) in [5.41, 5.74) is 3.54. The Hall–Kier alpha value is -3.32. The summed E-state index contributed by atoms with van der Waals surface area (Å²) in [6.45, 7) is 6.24. The van der Waals surface area contributed by atoms with Crippen molar-refractivity contribution in [3.63, 3.8) is 0 Å². The van der Waals surface area contributed by atoms with Crippen LogP contribution in [0.15, 0.2) is 53.1 Å². The summed E-state index contributed by atoms with van der Waals surface area (Å²) in [5, 5.41) is 3.96. The SMILES string of the molecule is COc1ccc(C2CN(C(=O)c3cccc(OCc4c(C)noc4C)c3)CCN2C)cc1. The Labute approximate surface area is 188 Å². The molecule has 0 N–H and O–H groups in total. The van der Waals surface area contributed by atoms with Crippen LogP contribution in [0.3, 0.4) is 0 Å². The highest BCUT2D eigenvalue weighted by Crippen LogP contribution is 2.27. The number of carbonyl (C=O) groups is 1. The largest absolute Gasteiger partial charge is 0.497 e. The standard InChI is InChI=1S/C25H29N3O4/c1-17-23(18(2)32-26-17)16-31-22-7-5-6-20(14-22)25(29)28-13-12-27(3)24(15-28)19-8-10-21(30-4)11-9-19/h5-11,14,24H,12-13,15-16H2,1-4H3. The fourth-order valence-electron chi connectivity index (χ4n) is 4.01. The molecule has 4 rings (SSSR count). The Morgan fingerprint density at radius 1 is 1.12 bits per heavy atom. The number of benzene rings is 2. The molecule has 2 aromatic carbocycles. The monoisotopic (exact) mass is 435 g/mol. The van der Waals surface area contributed by atoms with Gasteiger partial charge in [0, 0.05) is 25.2 Å². The molecule has 1 unspecified atom stereocenters. The Kier molecular flexibility index (Phi) is 6.46. The lowest BCUT2D eigenvalue weighted by Crippen LogP contribution is -2.49. The molecule has 2 heterocycles. The van der Waals surface area contributed by atoms with Gasteiger partial charge in [0.15, 0.2) is 0 Å². The summed E-state index contributed by atoms with van der Waals surface area (Å²) in [7, 11) is 3.76. The molecule has 0 aliphatic carbocycles. The first kappa shape index (κ1) is 21.9. The van der Waals surface area contributed by atoms with E-state index in [-0.39, 0.29) is 11.9 Å². The maximum Gasteiger partial charge on any atom is 0.254 e. The third-order valence-electron chi connectivity index (χ3n) is 6.08. The molecule has 32 heavy (non-hydrogen) atoms. The van der Waals surface area contributed by atoms with Gasteiger partial charge in [-0.05, 0) is 56.8 Å². The molecule has 3 aromatic rings. The Bertz CT molecular complexity index is 1060. The Balaban J connectivity index is 1.45. The van der Waals surface area contributed by atoms with Gasteiger partial charge in [0.2, 0.25) is 0 Å². The second-order valence-corrected chi connectivity index (χ2v) is 8.14. The zero-order valence-electron chi connectivity index (χ0n) is 19.0. The second-order valence-electron chi connectivity index (χ2n) is 8.14. The summed E-state index contributed by atoms with van der Waals surface area (Å²) in [6.07, 6.45) is 0. The van der Waals surface area contributed by atoms with Crippen LogP contribution in [0, 0.1) is 13.8 Å². The number of amides is 1. The van der Waals surface area contributed by atoms with Gasteiger partial charge in [-0.2, -0.15) is 0 Å². The highest BCUT2D eigenvalue weighted by molar-refractivity contribution is 5.94. The van der Waals surface area contributed by atoms with Gasteiger partial charge in [0.1, 0.15) is 23.9 Å². The smallest absolute Gasteiger partial charge is 0.254 e. The van der Waals surface area contributed by atoms with Crippen molar-refractivity contribution in [2.75, 3.05) is 33.8 Å². The zero-order valence-corrected chi connectivity index (χ0v) is 19.0. The highest BCUT2D eigenvalue weighted by atomic mass is 16.5. The summed E-state index contributed by atoms with van der Waals surface area (Å²) in [5.74, 6) is 2.24. The number of ether oxygens (including phenoxy) is 2. The van der Waals surface area contributed by atoms with Crippen molar-refractivity contribution in [1.29, 1.82) is 0 Å². The molecule has 1 aromatic heterocycles. The van der Waals surface area contributed by atoms with Crippen LogP contribution in [0.2, 0.25) is 0 Å². The van der Waals surface area contributed by atoms with E-state index in [4.69, 9.17) is 14.0 Å². The van der Waals surface area contributed by atoms with E-state index in [2.05, 4.69) is 29.2 Å². The van der Waals surface area contributed by atoms with Crippen LogP contribution < -0.4 is 9.47 Å². The highest BCUT2D eigenvalue weighted by Gasteiger charge is 2.29. The topological polar surface area (TPSA) is 68.0 Å². The predicted octanol–water partition coefficient (Wildman–Crippen LogP) is 4.01. The molecule has 1 aliphatic rings. The van der Waals surface area contributed by atoms with Gasteiger partial charge in [0.25, 0.3) is 5.91 Å². The fraction of sp³-hybridized carbons (Fsp3) is 0.360. The molecule has 1 fully saturated rings. The summed E-state index contributed by atoms with van der Waals surface area (Å²) in [6, 6.07) is 15.6. The molecule has 0 radical (unpaired) electrons. The number of aromatic nitrogens is 1. The van der Waals surface area contributed by atoms with Crippen molar-refractivity contribution in [3.8, 4) is 11.5 Å². The van der Waals surface area contributed by atoms with Gasteiger partial charge in [-0.15, -0.1) is 0 Å². The quantitative estimate of drug-likeness (QED) is 0.583. The van der Waals surface area contributed by atoms with E-state index in [0.717, 1.165) is 29.3 Å². The average molecular weight is 436 g/mol. The maximum atomic E-state index is 13.3. The molecule has 0 saturated carbocycles. The number of rotatable bonds is 6. The summed E-state index contributed by atoms with van der Waals surface area (Å²) < 4.78 is 16.4. The minimum absolute atomic E-state index is 0.0133. The van der Waals surface area contributed by atoms with Gasteiger partial charge in [-0.25, -0.2) is 0 Å². The van der Waals surface area contributed by atoms with Gasteiger partial charge >= 0.3 is 0 Å². The lowest BCUT2D eigenvalue weighted by molar-refractivity contribution is 0.0545. The summed E-state index contributed by atoms with van der Waals surface area (Å²) in [4.78, 5) is 17.5. The number of likely N-dealkylation sites (N-methyl/N-ethyl adjacent to an activating group) is 1. The van der Waals surface area contributed by atoms with E-state index in [9.17, 15) is 4.79 Å². The minimum atomic E-state index is 0.0133. The molecular formula is C25H29N3O4. The van der Waals surface area contributed by atoms with E-state index in [1.165, 1.54) is 5.56 Å². The molecule has 0 spiro atoms. The fourth-order valence-corrected chi connectivity index (χ4v) is 4.01. The van der Waals surface area contributed by atoms with Crippen LogP contribution in [-0.4, -0.2) is 54.7 Å². The molecule has 168 valence electrons. The number of carbonyl (C=O) groups excluding carboxylic acids is 1. The zero-order chi connectivity index (χ0) is 22.7. The number of nitrogens with zero attached hydrogens (tertiary/aromatic N) is 3. The first-order chi connectivity index (χ1) is 15.5. The van der Waals surface area contributed by atoms with Crippen LogP contribution in [-0.2, 0) is 6.61 Å². The third-order valence-corrected chi connectivity index (χ3v) is 6.08. The van der Waals surface area contributed by atoms with Crippen LogP contribution in [0.1, 0.15) is 39.0 Å². The molecule has 0 bridgehead atoms. The maximum absolute atomic E-state index is 13.3. The molecule has 1 amide bonds. The Morgan fingerprint density at radius 3 is 2.59 bits per heavy atom. The van der Waals surface area contributed by atoms with Gasteiger partial charge in [-0.3, -0.25) is 9.69 Å². The lowest BCUT2D eigenvalue weighted by atomic mass is 10.0. The number of methoxy groups -OCH3 is 1. The van der Waals surface area contributed by atoms with Crippen LogP contribution >= 0.6 is 0 Å². The van der Waals surface area contributed by atoms with Crippen molar-refractivity contribution in [2.24, 2.45) is 0 Å². The van der Waals surface area contributed by atoms with Gasteiger partial charge in [0.05, 0.1) is 24.4 Å². The molecule has 1 atom stereocenters. The van der Waals surface area contributed by atoms with E-state index >= 15 is 0 Å². The van der Waals surface area contributed by atoms with Crippen molar-refractivity contribution in [2.45, 2.75) is 26.5 Å². The molecular weight excluding hydrogens is 406 g/mol. The number of hydrogen-bond donors (Lipinski definition) is 0. The normalized spacial score (nSPS) is 16.8. The summed E-state index contributed by atoms with van der Waals surface area (Å²) >= 11 is 0. The minimum Gasteiger partial charge on any atom is -0.497 e. The van der Waals surface area contributed by atoms with Crippen molar-refractivity contribution >= 4 is 5.91 Å². The number of aryl methyl sites for hydroxylation is 2. The predicted molar refractivity (Wildman–Crippen MR) is 121 cm³/mol. The number of hydrogen-bond acceptors (Lipinski definition) is 6. The van der Waals surface area contributed by atoms with E-state index in [0.29, 0.717) is 31.0 Å². The van der Waals surface area contributed by atoms with Crippen LogP contribution in [0.25, 0.3) is 0 Å². The number of piperazine rings is 1. The van der Waals surface area contributed by atoms with Crippen LogP contribution in [0.5, 0.6) is 11.5 Å². The van der Waals surface area contributed by atoms with Crippen molar-refractivity contribution < 1.29 is 18.8 Å². The van der Waals surface area contributed by atoms with E-state index < -0.39 is 0 Å². The average Bonchev–Trinajstić information content (AvgIpc) is 3.15. The van der Waals surface area contributed by atoms with Crippen molar-refractivity contribution in [1.82, 2.24) is 15.0 Å². The van der Waals surface area contributed by atoms with Gasteiger partial charge in [-0.1, -0.05) is 23.4 Å². The first-order valence-corrected chi connectivity index (χ1v) is 10.7. The molecule has 7 heteroatoms. The second kappa shape index (κ2) is 9.44. The molecule has 1 aliphatic heterocycles. The van der Waals surface area contributed by atoms with Gasteiger partial charge < -0.3 is 18.9 Å². The Morgan fingerprint density at radius 2 is 1.91 bits per heavy atom. The van der Waals surface area contributed by atoms with Crippen molar-refractivity contribution in [3.05, 3.63) is 76.7 Å². The van der Waals surface area contributed by atoms with E-state index in [1.54, 1.807) is 13.2 Å². The first-order valence-electron chi connectivity index (χ1n) is 10.7. The third kappa shape index (κ3) is 4.62. The lowest BCUT2D eigenvalue weighted by Gasteiger charge is -2.39. The molecule has 1 saturated heterocycles. The molecule has 7 nitrogen and oxygen atoms in total. The van der Waals surface area contributed by atoms with Crippen LogP contribution in [0.4, 0.5) is 0 Å².